The first-order valence-corrected chi connectivity index (χ1v) is 14.2. The van der Waals surface area contributed by atoms with Gasteiger partial charge in [-0.1, -0.05) is 13.0 Å². The van der Waals surface area contributed by atoms with Gasteiger partial charge in [-0.2, -0.15) is 5.10 Å². The number of H-pyrrole nitrogens is 2. The van der Waals surface area contributed by atoms with Crippen LogP contribution in [0.4, 0.5) is 4.39 Å². The third kappa shape index (κ3) is 4.98. The first-order valence-electron chi connectivity index (χ1n) is 14.2. The highest BCUT2D eigenvalue weighted by molar-refractivity contribution is 5.94. The van der Waals surface area contributed by atoms with Gasteiger partial charge in [0.1, 0.15) is 5.69 Å². The minimum Gasteiger partial charge on any atom is -0.505 e. The Morgan fingerprint density at radius 1 is 1.22 bits per heavy atom. The zero-order chi connectivity index (χ0) is 28.8. The number of fused-ring (bicyclic) bond motifs is 2. The van der Waals surface area contributed by atoms with Crippen LogP contribution in [0, 0.1) is 5.82 Å². The summed E-state index contributed by atoms with van der Waals surface area (Å²) in [6, 6.07) is 8.46. The Balaban J connectivity index is 1.24. The lowest BCUT2D eigenvalue weighted by Crippen LogP contribution is -2.59. The van der Waals surface area contributed by atoms with Gasteiger partial charge in [0.2, 0.25) is 5.91 Å². The summed E-state index contributed by atoms with van der Waals surface area (Å²) in [6.45, 7) is 7.55. The molecule has 2 unspecified atom stereocenters. The van der Waals surface area contributed by atoms with E-state index in [0.717, 1.165) is 52.1 Å². The van der Waals surface area contributed by atoms with Gasteiger partial charge >= 0.3 is 0 Å². The molecule has 2 atom stereocenters. The molecule has 2 aromatic carbocycles. The van der Waals surface area contributed by atoms with E-state index in [4.69, 9.17) is 4.98 Å². The number of aromatic hydroxyl groups is 1. The van der Waals surface area contributed by atoms with Crippen molar-refractivity contribution in [1.29, 1.82) is 0 Å². The number of imidazole rings is 1. The van der Waals surface area contributed by atoms with E-state index >= 15 is 0 Å². The van der Waals surface area contributed by atoms with E-state index in [1.54, 1.807) is 0 Å². The van der Waals surface area contributed by atoms with Crippen LogP contribution in [-0.2, 0) is 24.2 Å². The van der Waals surface area contributed by atoms with Gasteiger partial charge in [0.15, 0.2) is 17.4 Å². The van der Waals surface area contributed by atoms with E-state index in [1.807, 2.05) is 37.1 Å². The monoisotopic (exact) mass is 561 g/mol. The average Bonchev–Trinajstić information content (AvgIpc) is 3.57. The van der Waals surface area contributed by atoms with Crippen LogP contribution in [0.2, 0.25) is 0 Å². The molecule has 1 amide bonds. The summed E-state index contributed by atoms with van der Waals surface area (Å²) >= 11 is 0. The molecule has 2 aliphatic heterocycles. The Morgan fingerprint density at radius 2 is 2.05 bits per heavy atom. The molecule has 1 fully saturated rings. The van der Waals surface area contributed by atoms with E-state index < -0.39 is 5.82 Å². The standard InChI is InChI=1S/C30H36FN7O3/c1-4-18-12-27(40)22(31)13-21(18)19-5-6-20-23(11-19)34-35-28(20)29-32-24-14-26(36(3)16-25(24)33-29)30(41)38-8-7-37(9-10-39)15-17(38)2/h5-6,11-13,17,26,39-40H,4,7-10,14-16H2,1-3H3,(H,32,33)(H,34,35). The molecule has 0 radical (unpaired) electrons. The molecule has 2 aliphatic rings. The van der Waals surface area contributed by atoms with Crippen molar-refractivity contribution in [2.75, 3.05) is 39.8 Å². The molecule has 0 aliphatic carbocycles. The van der Waals surface area contributed by atoms with Crippen LogP contribution in [0.15, 0.2) is 30.3 Å². The number of aryl methyl sites for hydroxylation is 1. The lowest BCUT2D eigenvalue weighted by molar-refractivity contribution is -0.141. The van der Waals surface area contributed by atoms with Crippen molar-refractivity contribution in [1.82, 2.24) is 34.9 Å². The SMILES string of the molecule is CCc1cc(O)c(F)cc1-c1ccc2c(-c3nc4c([nH]3)CN(C)C(C(=O)N3CCN(CCO)CC3C)C4)n[nH]c2c1. The van der Waals surface area contributed by atoms with Gasteiger partial charge in [-0.3, -0.25) is 19.7 Å². The first-order chi connectivity index (χ1) is 19.8. The van der Waals surface area contributed by atoms with E-state index in [2.05, 4.69) is 31.9 Å². The summed E-state index contributed by atoms with van der Waals surface area (Å²) in [5.41, 5.74) is 5.76. The Labute approximate surface area is 237 Å². The number of phenolic OH excluding ortho intramolecular Hbond substituents is 1. The second-order valence-corrected chi connectivity index (χ2v) is 11.2. The number of aromatic nitrogens is 4. The van der Waals surface area contributed by atoms with Crippen molar-refractivity contribution in [3.8, 4) is 28.4 Å². The van der Waals surface area contributed by atoms with Crippen molar-refractivity contribution in [3.63, 3.8) is 0 Å². The van der Waals surface area contributed by atoms with Crippen LogP contribution in [0.25, 0.3) is 33.5 Å². The Kier molecular flexibility index (Phi) is 7.27. The van der Waals surface area contributed by atoms with Crippen LogP contribution in [-0.4, -0.2) is 103 Å². The fourth-order valence-electron chi connectivity index (χ4n) is 6.26. The summed E-state index contributed by atoms with van der Waals surface area (Å²) in [4.78, 5) is 28.2. The number of hydrogen-bond acceptors (Lipinski definition) is 7. The molecule has 4 aromatic rings. The molecule has 10 nitrogen and oxygen atoms in total. The number of benzene rings is 2. The zero-order valence-electron chi connectivity index (χ0n) is 23.6. The average molecular weight is 562 g/mol. The summed E-state index contributed by atoms with van der Waals surface area (Å²) in [7, 11) is 1.97. The number of β-amino-alcohol motifs (C(OH)–C–C–N with tert-alkyl or cyclic N) is 1. The molecule has 216 valence electrons. The minimum atomic E-state index is -0.649. The van der Waals surface area contributed by atoms with Crippen LogP contribution in [0.5, 0.6) is 5.75 Å². The number of carbonyl (C=O) groups excluding carboxylic acids is 1. The number of hydrogen-bond donors (Lipinski definition) is 4. The van der Waals surface area contributed by atoms with Gasteiger partial charge in [-0.15, -0.1) is 0 Å². The molecule has 2 aromatic heterocycles. The maximum absolute atomic E-state index is 14.2. The molecule has 11 heteroatoms. The Bertz CT molecular complexity index is 1600. The van der Waals surface area contributed by atoms with Crippen LogP contribution in [0.1, 0.15) is 30.8 Å². The molecule has 0 bridgehead atoms. The third-order valence-electron chi connectivity index (χ3n) is 8.54. The number of piperazine rings is 1. The number of nitrogens with one attached hydrogen (secondary N) is 2. The summed E-state index contributed by atoms with van der Waals surface area (Å²) < 4.78 is 14.2. The van der Waals surface area contributed by atoms with Gasteiger partial charge in [0.05, 0.1) is 29.6 Å². The number of carbonyl (C=O) groups is 1. The van der Waals surface area contributed by atoms with Gasteiger partial charge in [-0.05, 0) is 61.3 Å². The van der Waals surface area contributed by atoms with Gasteiger partial charge in [0, 0.05) is 50.6 Å². The smallest absolute Gasteiger partial charge is 0.240 e. The number of aromatic amines is 2. The summed E-state index contributed by atoms with van der Waals surface area (Å²) in [6.07, 6.45) is 1.17. The predicted molar refractivity (Wildman–Crippen MR) is 154 cm³/mol. The second kappa shape index (κ2) is 10.9. The first kappa shape index (κ1) is 27.4. The van der Waals surface area contributed by atoms with E-state index in [-0.39, 0.29) is 30.3 Å². The lowest BCUT2D eigenvalue weighted by Gasteiger charge is -2.43. The number of aliphatic hydroxyl groups is 1. The fourth-order valence-corrected chi connectivity index (χ4v) is 6.26. The molecule has 6 rings (SSSR count). The second-order valence-electron chi connectivity index (χ2n) is 11.2. The zero-order valence-corrected chi connectivity index (χ0v) is 23.6. The third-order valence-corrected chi connectivity index (χ3v) is 8.54. The molecular weight excluding hydrogens is 525 g/mol. The van der Waals surface area contributed by atoms with Crippen molar-refractivity contribution in [3.05, 3.63) is 53.1 Å². The number of amides is 1. The molecular formula is C30H36FN7O3. The Morgan fingerprint density at radius 3 is 2.80 bits per heavy atom. The quantitative estimate of drug-likeness (QED) is 0.285. The summed E-state index contributed by atoms with van der Waals surface area (Å²) in [5, 5.41) is 27.6. The Hall–Kier alpha value is -3.80. The van der Waals surface area contributed by atoms with Crippen LogP contribution >= 0.6 is 0 Å². The minimum absolute atomic E-state index is 0.0825. The topological polar surface area (TPSA) is 125 Å². The lowest BCUT2D eigenvalue weighted by atomic mass is 9.96. The molecule has 0 saturated carbocycles. The van der Waals surface area contributed by atoms with E-state index in [0.29, 0.717) is 44.0 Å². The largest absolute Gasteiger partial charge is 0.505 e. The number of aliphatic hydroxyl groups excluding tert-OH is 1. The highest BCUT2D eigenvalue weighted by atomic mass is 19.1. The number of likely N-dealkylation sites (N-methyl/N-ethyl adjacent to an activating group) is 1. The van der Waals surface area contributed by atoms with E-state index in [1.165, 1.54) is 12.1 Å². The van der Waals surface area contributed by atoms with Crippen LogP contribution in [0.3, 0.4) is 0 Å². The van der Waals surface area contributed by atoms with Gasteiger partial charge in [0.25, 0.3) is 0 Å². The van der Waals surface area contributed by atoms with Crippen molar-refractivity contribution in [2.45, 2.75) is 45.3 Å². The van der Waals surface area contributed by atoms with Crippen LogP contribution < -0.4 is 0 Å². The molecule has 1 saturated heterocycles. The maximum atomic E-state index is 14.2. The molecule has 41 heavy (non-hydrogen) atoms. The van der Waals surface area contributed by atoms with Crippen molar-refractivity contribution in [2.24, 2.45) is 0 Å². The van der Waals surface area contributed by atoms with E-state index in [9.17, 15) is 19.4 Å². The highest BCUT2D eigenvalue weighted by Gasteiger charge is 2.37. The van der Waals surface area contributed by atoms with Gasteiger partial charge < -0.3 is 20.1 Å². The van der Waals surface area contributed by atoms with Crippen molar-refractivity contribution >= 4 is 16.8 Å². The normalized spacial score (nSPS) is 20.1. The van der Waals surface area contributed by atoms with Gasteiger partial charge in [-0.25, -0.2) is 9.37 Å². The van der Waals surface area contributed by atoms with Crippen molar-refractivity contribution < 1.29 is 19.4 Å². The number of rotatable bonds is 6. The molecule has 0 spiro atoms. The maximum Gasteiger partial charge on any atom is 0.240 e. The molecule has 4 N–H and O–H groups in total. The predicted octanol–water partition coefficient (Wildman–Crippen LogP) is 2.91. The number of nitrogens with zero attached hydrogens (tertiary/aromatic N) is 5. The molecule has 4 heterocycles. The fraction of sp³-hybridized carbons (Fsp3) is 0.433. The highest BCUT2D eigenvalue weighted by Crippen LogP contribution is 2.34. The number of phenols is 1. The summed E-state index contributed by atoms with van der Waals surface area (Å²) in [5.74, 6) is -0.230. The number of halogens is 1.